The minimum atomic E-state index is 0.879. The zero-order valence-corrected chi connectivity index (χ0v) is 12.1. The van der Waals surface area contributed by atoms with Crippen molar-refractivity contribution >= 4 is 11.0 Å². The number of rotatable bonds is 2. The number of nitrogens with zero attached hydrogens (tertiary/aromatic N) is 3. The minimum absolute atomic E-state index is 0.879. The highest BCUT2D eigenvalue weighted by atomic mass is 14.9. The molecule has 0 aliphatic heterocycles. The van der Waals surface area contributed by atoms with Crippen LogP contribution in [-0.2, 0) is 0 Å². The van der Waals surface area contributed by atoms with Crippen molar-refractivity contribution in [3.05, 3.63) is 66.7 Å². The molecule has 0 atom stereocenters. The fourth-order valence-corrected chi connectivity index (χ4v) is 2.64. The third-order valence-corrected chi connectivity index (χ3v) is 3.69. The minimum Gasteiger partial charge on any atom is -0.344 e. The second-order valence-corrected chi connectivity index (χ2v) is 5.26. The van der Waals surface area contributed by atoms with Gasteiger partial charge in [0.25, 0.3) is 0 Å². The summed E-state index contributed by atoms with van der Waals surface area (Å²) in [7, 11) is 0. The van der Waals surface area contributed by atoms with E-state index in [1.165, 1.54) is 5.56 Å². The van der Waals surface area contributed by atoms with Crippen molar-refractivity contribution in [2.24, 2.45) is 0 Å². The van der Waals surface area contributed by atoms with Crippen molar-refractivity contribution in [3.8, 4) is 22.5 Å². The van der Waals surface area contributed by atoms with Crippen molar-refractivity contribution in [3.63, 3.8) is 0 Å². The molecule has 0 radical (unpaired) electrons. The summed E-state index contributed by atoms with van der Waals surface area (Å²) in [4.78, 5) is 16.4. The fourth-order valence-electron chi connectivity index (χ4n) is 2.64. The van der Waals surface area contributed by atoms with Crippen LogP contribution in [0.5, 0.6) is 0 Å². The first-order valence-corrected chi connectivity index (χ1v) is 7.13. The van der Waals surface area contributed by atoms with Gasteiger partial charge in [0.2, 0.25) is 0 Å². The zero-order chi connectivity index (χ0) is 14.9. The molecule has 2 aromatic carbocycles. The van der Waals surface area contributed by atoms with E-state index in [0.29, 0.717) is 0 Å². The summed E-state index contributed by atoms with van der Waals surface area (Å²) in [5.74, 6) is 0. The smallest absolute Gasteiger partial charge is 0.0961 e. The number of fused-ring (bicyclic) bond motifs is 1. The summed E-state index contributed by atoms with van der Waals surface area (Å²) in [5, 5.41) is 0. The predicted molar refractivity (Wildman–Crippen MR) is 87.3 cm³/mol. The molecular formula is C18H14N4. The van der Waals surface area contributed by atoms with Crippen LogP contribution in [0.1, 0.15) is 5.56 Å². The first-order chi connectivity index (χ1) is 10.8. The lowest BCUT2D eigenvalue weighted by Crippen LogP contribution is -1.87. The maximum absolute atomic E-state index is 4.49. The van der Waals surface area contributed by atoms with E-state index in [4.69, 9.17) is 0 Å². The largest absolute Gasteiger partial charge is 0.344 e. The maximum atomic E-state index is 4.49. The van der Waals surface area contributed by atoms with Crippen LogP contribution in [-0.4, -0.2) is 19.9 Å². The van der Waals surface area contributed by atoms with Crippen LogP contribution in [0.25, 0.3) is 33.5 Å². The average Bonchev–Trinajstić information content (AvgIpc) is 3.04. The molecule has 0 unspecified atom stereocenters. The summed E-state index contributed by atoms with van der Waals surface area (Å²) in [5.41, 5.74) is 7.10. The lowest BCUT2D eigenvalue weighted by molar-refractivity contribution is 1.29. The quantitative estimate of drug-likeness (QED) is 0.606. The summed E-state index contributed by atoms with van der Waals surface area (Å²) in [6.45, 7) is 2.08. The maximum Gasteiger partial charge on any atom is 0.0961 e. The number of nitrogens with one attached hydrogen (secondary N) is 1. The van der Waals surface area contributed by atoms with Crippen molar-refractivity contribution < 1.29 is 0 Å². The number of imidazole rings is 1. The Balaban J connectivity index is 1.87. The normalized spacial score (nSPS) is 11.0. The molecule has 0 bridgehead atoms. The Kier molecular flexibility index (Phi) is 2.93. The van der Waals surface area contributed by atoms with E-state index in [9.17, 15) is 0 Å². The Hall–Kier alpha value is -3.01. The van der Waals surface area contributed by atoms with Gasteiger partial charge in [-0.15, -0.1) is 0 Å². The van der Waals surface area contributed by atoms with E-state index in [2.05, 4.69) is 51.1 Å². The number of aromatic nitrogens is 4. The number of aryl methyl sites for hydroxylation is 1. The number of hydrogen-bond acceptors (Lipinski definition) is 3. The summed E-state index contributed by atoms with van der Waals surface area (Å²) < 4.78 is 0. The number of aromatic amines is 1. The average molecular weight is 286 g/mol. The first kappa shape index (κ1) is 12.7. The molecule has 106 valence electrons. The molecule has 0 amide bonds. The van der Waals surface area contributed by atoms with E-state index in [1.54, 1.807) is 18.7 Å². The third-order valence-electron chi connectivity index (χ3n) is 3.69. The molecule has 0 aliphatic carbocycles. The number of hydrogen-bond donors (Lipinski definition) is 1. The molecule has 0 saturated heterocycles. The molecule has 1 N–H and O–H groups in total. The van der Waals surface area contributed by atoms with Crippen LogP contribution in [0.3, 0.4) is 0 Å². The Morgan fingerprint density at radius 2 is 1.68 bits per heavy atom. The standard InChI is InChI=1S/C18H14N4/c1-12-3-2-4-13(9-12)17-18(22-11-21-17)14-5-6-15-16(10-14)20-8-7-19-15/h2-11H,1H3,(H,21,22). The van der Waals surface area contributed by atoms with Gasteiger partial charge in [-0.25, -0.2) is 4.98 Å². The van der Waals surface area contributed by atoms with Gasteiger partial charge in [-0.3, -0.25) is 9.97 Å². The molecule has 0 spiro atoms. The van der Waals surface area contributed by atoms with Crippen molar-refractivity contribution in [2.45, 2.75) is 6.92 Å². The Labute approximate surface area is 127 Å². The van der Waals surface area contributed by atoms with Gasteiger partial charge in [0.1, 0.15) is 0 Å². The van der Waals surface area contributed by atoms with E-state index in [0.717, 1.165) is 33.5 Å². The first-order valence-electron chi connectivity index (χ1n) is 7.13. The van der Waals surface area contributed by atoms with Crippen LogP contribution in [0, 0.1) is 6.92 Å². The molecule has 22 heavy (non-hydrogen) atoms. The lowest BCUT2D eigenvalue weighted by Gasteiger charge is -2.05. The Morgan fingerprint density at radius 3 is 2.55 bits per heavy atom. The van der Waals surface area contributed by atoms with Crippen molar-refractivity contribution in [1.29, 1.82) is 0 Å². The highest BCUT2D eigenvalue weighted by molar-refractivity contribution is 5.85. The van der Waals surface area contributed by atoms with Gasteiger partial charge in [0.15, 0.2) is 0 Å². The molecule has 0 saturated carbocycles. The van der Waals surface area contributed by atoms with Gasteiger partial charge < -0.3 is 4.98 Å². The van der Waals surface area contributed by atoms with Crippen LogP contribution >= 0.6 is 0 Å². The monoisotopic (exact) mass is 286 g/mol. The molecule has 2 heterocycles. The number of benzene rings is 2. The molecule has 4 heteroatoms. The highest BCUT2D eigenvalue weighted by Gasteiger charge is 2.11. The molecule has 4 rings (SSSR count). The molecule has 4 aromatic rings. The second kappa shape index (κ2) is 5.07. The third kappa shape index (κ3) is 2.15. The van der Waals surface area contributed by atoms with Crippen molar-refractivity contribution in [2.75, 3.05) is 0 Å². The van der Waals surface area contributed by atoms with Crippen LogP contribution in [0.2, 0.25) is 0 Å². The second-order valence-electron chi connectivity index (χ2n) is 5.26. The van der Waals surface area contributed by atoms with Gasteiger partial charge >= 0.3 is 0 Å². The Morgan fingerprint density at radius 1 is 0.818 bits per heavy atom. The van der Waals surface area contributed by atoms with E-state index < -0.39 is 0 Å². The van der Waals surface area contributed by atoms with E-state index in [-0.39, 0.29) is 0 Å². The summed E-state index contributed by atoms with van der Waals surface area (Å²) in [6, 6.07) is 14.4. The molecule has 4 nitrogen and oxygen atoms in total. The van der Waals surface area contributed by atoms with Crippen LogP contribution in [0.4, 0.5) is 0 Å². The molecule has 2 aromatic heterocycles. The van der Waals surface area contributed by atoms with Gasteiger partial charge in [0, 0.05) is 23.5 Å². The molecule has 0 aliphatic rings. The highest BCUT2D eigenvalue weighted by Crippen LogP contribution is 2.30. The van der Waals surface area contributed by atoms with Crippen molar-refractivity contribution in [1.82, 2.24) is 19.9 Å². The Bertz CT molecular complexity index is 956. The number of H-pyrrole nitrogens is 1. The zero-order valence-electron chi connectivity index (χ0n) is 12.1. The summed E-state index contributed by atoms with van der Waals surface area (Å²) in [6.07, 6.45) is 5.14. The lowest BCUT2D eigenvalue weighted by atomic mass is 10.0. The van der Waals surface area contributed by atoms with Gasteiger partial charge in [-0.2, -0.15) is 0 Å². The van der Waals surface area contributed by atoms with E-state index in [1.807, 2.05) is 18.2 Å². The van der Waals surface area contributed by atoms with Crippen LogP contribution in [0.15, 0.2) is 61.2 Å². The predicted octanol–water partition coefficient (Wildman–Crippen LogP) is 4.00. The fraction of sp³-hybridized carbons (Fsp3) is 0.0556. The summed E-state index contributed by atoms with van der Waals surface area (Å²) >= 11 is 0. The van der Waals surface area contributed by atoms with Crippen LogP contribution < -0.4 is 0 Å². The van der Waals surface area contributed by atoms with E-state index >= 15 is 0 Å². The SMILES string of the molecule is Cc1cccc(-c2nc[nH]c2-c2ccc3nccnc3c2)c1. The molecule has 0 fully saturated rings. The topological polar surface area (TPSA) is 54.5 Å². The van der Waals surface area contributed by atoms with Gasteiger partial charge in [-0.1, -0.05) is 29.8 Å². The molecular weight excluding hydrogens is 272 g/mol. The van der Waals surface area contributed by atoms with Gasteiger partial charge in [0.05, 0.1) is 28.7 Å². The van der Waals surface area contributed by atoms with Gasteiger partial charge in [-0.05, 0) is 25.1 Å².